The highest BCUT2D eigenvalue weighted by atomic mass is 35.5. The molecule has 2 atom stereocenters. The molecule has 2 aromatic heterocycles. The van der Waals surface area contributed by atoms with Crippen molar-refractivity contribution in [2.24, 2.45) is 0 Å². The third kappa shape index (κ3) is 3.61. The Hall–Kier alpha value is -3.35. The first-order valence-electron chi connectivity index (χ1n) is 10.2. The van der Waals surface area contributed by atoms with Crippen molar-refractivity contribution in [3.63, 3.8) is 0 Å². The summed E-state index contributed by atoms with van der Waals surface area (Å²) in [5, 5.41) is 4.82. The fourth-order valence-electron chi connectivity index (χ4n) is 4.22. The van der Waals surface area contributed by atoms with Gasteiger partial charge in [-0.15, -0.1) is 0 Å². The molecule has 0 bridgehead atoms. The van der Waals surface area contributed by atoms with Crippen LogP contribution in [0, 0.1) is 0 Å². The van der Waals surface area contributed by atoms with Gasteiger partial charge in [0.25, 0.3) is 0 Å². The van der Waals surface area contributed by atoms with Crippen LogP contribution >= 0.6 is 23.8 Å². The minimum Gasteiger partial charge on any atom is -0.495 e. The molecule has 32 heavy (non-hydrogen) atoms. The van der Waals surface area contributed by atoms with Crippen LogP contribution in [-0.4, -0.2) is 21.8 Å². The third-order valence-corrected chi connectivity index (χ3v) is 6.20. The van der Waals surface area contributed by atoms with E-state index in [-0.39, 0.29) is 12.1 Å². The predicted molar refractivity (Wildman–Crippen MR) is 132 cm³/mol. The zero-order valence-electron chi connectivity index (χ0n) is 17.4. The maximum absolute atomic E-state index is 6.16. The molecule has 0 radical (unpaired) electrons. The summed E-state index contributed by atoms with van der Waals surface area (Å²) >= 11 is 12.0. The summed E-state index contributed by atoms with van der Waals surface area (Å²) in [6.07, 6.45) is 3.85. The molecule has 1 aliphatic rings. The molecule has 0 unspecified atom stereocenters. The number of rotatable bonds is 5. The minimum atomic E-state index is -0.140. The molecule has 2 aromatic carbocycles. The second-order valence-electron chi connectivity index (χ2n) is 7.45. The number of para-hydroxylation sites is 2. The number of hydrogen-bond acceptors (Lipinski definition) is 3. The molecular weight excluding hydrogens is 440 g/mol. The summed E-state index contributed by atoms with van der Waals surface area (Å²) in [6.45, 7) is 0. The van der Waals surface area contributed by atoms with Crippen molar-refractivity contribution in [1.29, 1.82) is 0 Å². The predicted octanol–water partition coefficient (Wildman–Crippen LogP) is 5.71. The summed E-state index contributed by atoms with van der Waals surface area (Å²) in [4.78, 5) is 6.76. The quantitative estimate of drug-likeness (QED) is 0.386. The van der Waals surface area contributed by atoms with Crippen molar-refractivity contribution >= 4 is 34.6 Å². The first kappa shape index (κ1) is 20.5. The van der Waals surface area contributed by atoms with E-state index in [1.807, 2.05) is 79.0 Å². The van der Waals surface area contributed by atoms with Gasteiger partial charge in [0.1, 0.15) is 11.8 Å². The number of aromatic nitrogens is 2. The van der Waals surface area contributed by atoms with Crippen molar-refractivity contribution in [2.45, 2.75) is 12.1 Å². The van der Waals surface area contributed by atoms with Gasteiger partial charge in [-0.1, -0.05) is 29.8 Å². The lowest BCUT2D eigenvalue weighted by Gasteiger charge is -2.29. The van der Waals surface area contributed by atoms with E-state index in [9.17, 15) is 0 Å². The Labute approximate surface area is 197 Å². The van der Waals surface area contributed by atoms with E-state index in [1.165, 1.54) is 0 Å². The van der Waals surface area contributed by atoms with Gasteiger partial charge in [-0.2, -0.15) is 0 Å². The maximum atomic E-state index is 6.16. The number of nitrogens with one attached hydrogen (secondary N) is 1. The second-order valence-corrected chi connectivity index (χ2v) is 8.27. The molecule has 1 fully saturated rings. The van der Waals surface area contributed by atoms with E-state index in [4.69, 9.17) is 28.6 Å². The van der Waals surface area contributed by atoms with Crippen molar-refractivity contribution in [1.82, 2.24) is 14.9 Å². The molecular formula is C25H21ClN4OS. The fourth-order valence-corrected chi connectivity index (χ4v) is 4.69. The Bertz CT molecular complexity index is 1240. The van der Waals surface area contributed by atoms with Crippen LogP contribution in [-0.2, 0) is 0 Å². The molecule has 1 saturated heterocycles. The van der Waals surface area contributed by atoms with E-state index in [0.717, 1.165) is 28.5 Å². The number of benzene rings is 2. The Morgan fingerprint density at radius 1 is 0.969 bits per heavy atom. The van der Waals surface area contributed by atoms with Crippen LogP contribution in [0.5, 0.6) is 5.75 Å². The topological polar surface area (TPSA) is 42.3 Å². The van der Waals surface area contributed by atoms with Gasteiger partial charge in [-0.25, -0.2) is 0 Å². The number of pyridine rings is 1. The largest absolute Gasteiger partial charge is 0.495 e. The van der Waals surface area contributed by atoms with Crippen molar-refractivity contribution in [3.05, 3.63) is 108 Å². The van der Waals surface area contributed by atoms with Crippen molar-refractivity contribution < 1.29 is 4.74 Å². The smallest absolute Gasteiger partial charge is 0.174 e. The van der Waals surface area contributed by atoms with Gasteiger partial charge >= 0.3 is 0 Å². The molecule has 0 spiro atoms. The Morgan fingerprint density at radius 3 is 2.50 bits per heavy atom. The number of halogens is 1. The molecule has 5 rings (SSSR count). The minimum absolute atomic E-state index is 0.136. The Balaban J connectivity index is 1.68. The lowest BCUT2D eigenvalue weighted by atomic mass is 10.0. The van der Waals surface area contributed by atoms with E-state index in [2.05, 4.69) is 25.8 Å². The number of thiocarbonyl (C=S) groups is 1. The highest BCUT2D eigenvalue weighted by molar-refractivity contribution is 7.80. The molecule has 0 aliphatic carbocycles. The first-order chi connectivity index (χ1) is 15.7. The molecule has 7 heteroatoms. The van der Waals surface area contributed by atoms with Gasteiger partial charge in [-0.05, 0) is 72.9 Å². The number of anilines is 1. The molecule has 5 nitrogen and oxygen atoms in total. The standard InChI is InChI=1S/C25H21ClN4OS/c1-31-22-10-3-2-8-20(22)29-16-6-9-21(29)24-23(19-7-4-5-15-27-19)28-25(32)30(24)18-13-11-17(26)12-14-18/h2-16,23-24H,1H3,(H,28,32)/t23-,24-/m0/s1. The highest BCUT2D eigenvalue weighted by Gasteiger charge is 2.42. The summed E-state index contributed by atoms with van der Waals surface area (Å²) < 4.78 is 7.79. The third-order valence-electron chi connectivity index (χ3n) is 5.63. The lowest BCUT2D eigenvalue weighted by molar-refractivity contribution is 0.412. The monoisotopic (exact) mass is 460 g/mol. The van der Waals surface area contributed by atoms with E-state index < -0.39 is 0 Å². The Morgan fingerprint density at radius 2 is 1.75 bits per heavy atom. The molecule has 0 amide bonds. The SMILES string of the molecule is COc1ccccc1-n1cccc1[C@H]1[C@H](c2ccccn2)NC(=S)N1c1ccc(Cl)cc1. The van der Waals surface area contributed by atoms with E-state index >= 15 is 0 Å². The molecule has 160 valence electrons. The van der Waals surface area contributed by atoms with E-state index in [1.54, 1.807) is 13.3 Å². The summed E-state index contributed by atoms with van der Waals surface area (Å²) in [6, 6.07) is 25.5. The summed E-state index contributed by atoms with van der Waals surface area (Å²) in [7, 11) is 1.69. The molecule has 1 aliphatic heterocycles. The van der Waals surface area contributed by atoms with Gasteiger partial charge < -0.3 is 19.5 Å². The second kappa shape index (κ2) is 8.65. The molecule has 3 heterocycles. The highest BCUT2D eigenvalue weighted by Crippen LogP contribution is 2.43. The van der Waals surface area contributed by atoms with E-state index in [0.29, 0.717) is 10.1 Å². The van der Waals surface area contributed by atoms with Gasteiger partial charge in [0, 0.05) is 28.8 Å². The summed E-state index contributed by atoms with van der Waals surface area (Å²) in [5.41, 5.74) is 3.91. The van der Waals surface area contributed by atoms with Crippen LogP contribution < -0.4 is 15.0 Å². The van der Waals surface area contributed by atoms with Gasteiger partial charge in [0.2, 0.25) is 0 Å². The molecule has 0 saturated carbocycles. The van der Waals surface area contributed by atoms with Crippen LogP contribution in [0.1, 0.15) is 23.5 Å². The number of ether oxygens (including phenoxy) is 1. The maximum Gasteiger partial charge on any atom is 0.174 e. The number of methoxy groups -OCH3 is 1. The molecule has 4 aromatic rings. The Kier molecular flexibility index (Phi) is 5.55. The average Bonchev–Trinajstić information content (AvgIpc) is 3.44. The average molecular weight is 461 g/mol. The zero-order valence-corrected chi connectivity index (χ0v) is 18.9. The first-order valence-corrected chi connectivity index (χ1v) is 11.0. The van der Waals surface area contributed by atoms with Crippen molar-refractivity contribution in [3.8, 4) is 11.4 Å². The van der Waals surface area contributed by atoms with Gasteiger partial charge in [0.15, 0.2) is 5.11 Å². The molecule has 1 N–H and O–H groups in total. The number of hydrogen-bond donors (Lipinski definition) is 1. The normalized spacial score (nSPS) is 17.9. The zero-order chi connectivity index (χ0) is 22.1. The van der Waals surface area contributed by atoms with Crippen LogP contribution in [0.2, 0.25) is 5.02 Å². The lowest BCUT2D eigenvalue weighted by Crippen LogP contribution is -2.30. The fraction of sp³-hybridized carbons (Fsp3) is 0.120. The van der Waals surface area contributed by atoms with Gasteiger partial charge in [-0.3, -0.25) is 4.98 Å². The van der Waals surface area contributed by atoms with Crippen LogP contribution in [0.4, 0.5) is 5.69 Å². The van der Waals surface area contributed by atoms with Gasteiger partial charge in [0.05, 0.1) is 24.5 Å². The summed E-state index contributed by atoms with van der Waals surface area (Å²) in [5.74, 6) is 0.797. The number of nitrogens with zero attached hydrogens (tertiary/aromatic N) is 3. The van der Waals surface area contributed by atoms with Crippen LogP contribution in [0.25, 0.3) is 5.69 Å². The van der Waals surface area contributed by atoms with Crippen LogP contribution in [0.3, 0.4) is 0 Å². The van der Waals surface area contributed by atoms with Crippen LogP contribution in [0.15, 0.2) is 91.3 Å². The van der Waals surface area contributed by atoms with Crippen molar-refractivity contribution in [2.75, 3.05) is 12.0 Å².